The van der Waals surface area contributed by atoms with Gasteiger partial charge in [0.25, 0.3) is 0 Å². The topological polar surface area (TPSA) is 57.7 Å². The molecule has 6 heteroatoms. The fourth-order valence-corrected chi connectivity index (χ4v) is 3.17. The van der Waals surface area contributed by atoms with Gasteiger partial charge in [0.05, 0.1) is 12.8 Å². The highest BCUT2D eigenvalue weighted by molar-refractivity contribution is 7.88. The van der Waals surface area contributed by atoms with E-state index < -0.39 is 10.0 Å². The monoisotopic (exact) mass is 262 g/mol. The van der Waals surface area contributed by atoms with Crippen molar-refractivity contribution >= 4 is 15.9 Å². The van der Waals surface area contributed by atoms with Gasteiger partial charge in [0.15, 0.2) is 0 Å². The van der Waals surface area contributed by atoms with Crippen LogP contribution in [-0.2, 0) is 14.8 Å². The number of nitrogens with zero attached hydrogens (tertiary/aromatic N) is 2. The average molecular weight is 262 g/mol. The fraction of sp³-hybridized carbons (Fsp3) is 0.909. The lowest BCUT2D eigenvalue weighted by atomic mass is 10.1. The molecule has 100 valence electrons. The van der Waals surface area contributed by atoms with Gasteiger partial charge >= 0.3 is 0 Å². The van der Waals surface area contributed by atoms with Crippen LogP contribution < -0.4 is 0 Å². The smallest absolute Gasteiger partial charge is 0.237 e. The molecule has 0 radical (unpaired) electrons. The molecule has 0 aliphatic carbocycles. The van der Waals surface area contributed by atoms with E-state index in [1.54, 1.807) is 18.7 Å². The van der Waals surface area contributed by atoms with Crippen LogP contribution in [0.1, 0.15) is 33.1 Å². The summed E-state index contributed by atoms with van der Waals surface area (Å²) in [5.41, 5.74) is 0. The molecule has 1 aliphatic heterocycles. The fourth-order valence-electron chi connectivity index (χ4n) is 2.06. The molecule has 1 fully saturated rings. The molecule has 1 rings (SSSR count). The molecule has 0 N–H and O–H groups in total. The quantitative estimate of drug-likeness (QED) is 0.748. The summed E-state index contributed by atoms with van der Waals surface area (Å²) in [5.74, 6) is -0.0798. The van der Waals surface area contributed by atoms with Crippen molar-refractivity contribution in [3.63, 3.8) is 0 Å². The minimum absolute atomic E-state index is 0.0312. The maximum Gasteiger partial charge on any atom is 0.237 e. The third kappa shape index (κ3) is 4.27. The van der Waals surface area contributed by atoms with Gasteiger partial charge in [-0.15, -0.1) is 0 Å². The summed E-state index contributed by atoms with van der Waals surface area (Å²) in [4.78, 5) is 13.7. The maximum atomic E-state index is 12.0. The van der Waals surface area contributed by atoms with Crippen LogP contribution in [0.5, 0.6) is 0 Å². The Balaban J connectivity index is 2.64. The Bertz CT molecular complexity index is 359. The van der Waals surface area contributed by atoms with Gasteiger partial charge in [-0.05, 0) is 33.1 Å². The highest BCUT2D eigenvalue weighted by Gasteiger charge is 2.26. The zero-order chi connectivity index (χ0) is 13.1. The summed E-state index contributed by atoms with van der Waals surface area (Å²) in [6.45, 7) is 5.05. The van der Waals surface area contributed by atoms with Gasteiger partial charge in [0.1, 0.15) is 0 Å². The maximum absolute atomic E-state index is 12.0. The van der Waals surface area contributed by atoms with E-state index in [9.17, 15) is 13.2 Å². The predicted octanol–water partition coefficient (Wildman–Crippen LogP) is 0.669. The lowest BCUT2D eigenvalue weighted by Crippen LogP contribution is -2.46. The standard InChI is InChI=1S/C11H22N2O3S/c1-10(2)13(17(3,15)16)9-11(14)12-7-5-4-6-8-12/h10H,4-9H2,1-3H3. The Hall–Kier alpha value is -0.620. The summed E-state index contributed by atoms with van der Waals surface area (Å²) >= 11 is 0. The van der Waals surface area contributed by atoms with Gasteiger partial charge in [-0.25, -0.2) is 8.42 Å². The number of sulfonamides is 1. The molecule has 5 nitrogen and oxygen atoms in total. The van der Waals surface area contributed by atoms with Crippen LogP contribution in [0.25, 0.3) is 0 Å². The van der Waals surface area contributed by atoms with E-state index in [4.69, 9.17) is 0 Å². The first-order valence-electron chi connectivity index (χ1n) is 6.07. The third-order valence-corrected chi connectivity index (χ3v) is 4.40. The number of rotatable bonds is 4. The molecular formula is C11H22N2O3S. The van der Waals surface area contributed by atoms with Crippen LogP contribution in [0.4, 0.5) is 0 Å². The van der Waals surface area contributed by atoms with Crippen LogP contribution >= 0.6 is 0 Å². The number of piperidine rings is 1. The lowest BCUT2D eigenvalue weighted by Gasteiger charge is -2.30. The molecule has 0 saturated carbocycles. The van der Waals surface area contributed by atoms with Crippen LogP contribution in [0, 0.1) is 0 Å². The molecule has 1 amide bonds. The van der Waals surface area contributed by atoms with Crippen molar-refractivity contribution in [1.82, 2.24) is 9.21 Å². The van der Waals surface area contributed by atoms with Crippen molar-refractivity contribution in [2.75, 3.05) is 25.9 Å². The Labute approximate surface area is 104 Å². The molecule has 0 aromatic heterocycles. The minimum atomic E-state index is -3.31. The first-order valence-corrected chi connectivity index (χ1v) is 7.92. The summed E-state index contributed by atoms with van der Waals surface area (Å²) in [6.07, 6.45) is 4.35. The van der Waals surface area contributed by atoms with Crippen LogP contribution in [0.3, 0.4) is 0 Å². The molecule has 0 aromatic rings. The van der Waals surface area contributed by atoms with Crippen LogP contribution in [0.15, 0.2) is 0 Å². The molecule has 1 saturated heterocycles. The zero-order valence-electron chi connectivity index (χ0n) is 10.8. The Kier molecular flexibility index (Phi) is 4.94. The van der Waals surface area contributed by atoms with E-state index >= 15 is 0 Å². The summed E-state index contributed by atoms with van der Waals surface area (Å²) in [7, 11) is -3.31. The number of hydrogen-bond donors (Lipinski definition) is 0. The lowest BCUT2D eigenvalue weighted by molar-refractivity contribution is -0.132. The van der Waals surface area contributed by atoms with Gasteiger partial charge in [0.2, 0.25) is 15.9 Å². The second-order valence-electron chi connectivity index (χ2n) is 4.84. The van der Waals surface area contributed by atoms with E-state index in [1.165, 1.54) is 4.31 Å². The molecule has 0 spiro atoms. The molecule has 0 unspecified atom stereocenters. The van der Waals surface area contributed by atoms with Gasteiger partial charge < -0.3 is 4.90 Å². The van der Waals surface area contributed by atoms with E-state index in [-0.39, 0.29) is 18.5 Å². The molecule has 17 heavy (non-hydrogen) atoms. The summed E-state index contributed by atoms with van der Waals surface area (Å²) in [5, 5.41) is 0. The highest BCUT2D eigenvalue weighted by atomic mass is 32.2. The largest absolute Gasteiger partial charge is 0.342 e. The van der Waals surface area contributed by atoms with Gasteiger partial charge in [-0.3, -0.25) is 4.79 Å². The number of hydrogen-bond acceptors (Lipinski definition) is 3. The van der Waals surface area contributed by atoms with Gasteiger partial charge in [-0.2, -0.15) is 4.31 Å². The first-order chi connectivity index (χ1) is 7.82. The van der Waals surface area contributed by atoms with Crippen LogP contribution in [-0.4, -0.2) is 55.5 Å². The van der Waals surface area contributed by atoms with Crippen molar-refractivity contribution in [3.8, 4) is 0 Å². The van der Waals surface area contributed by atoms with E-state index in [2.05, 4.69) is 0 Å². The first kappa shape index (κ1) is 14.4. The third-order valence-electron chi connectivity index (χ3n) is 3.00. The second kappa shape index (κ2) is 5.82. The van der Waals surface area contributed by atoms with E-state index in [0.717, 1.165) is 38.6 Å². The summed E-state index contributed by atoms with van der Waals surface area (Å²) < 4.78 is 24.3. The molecular weight excluding hydrogens is 240 g/mol. The number of carbonyl (C=O) groups is 1. The molecule has 1 aliphatic rings. The zero-order valence-corrected chi connectivity index (χ0v) is 11.7. The molecule has 0 bridgehead atoms. The highest BCUT2D eigenvalue weighted by Crippen LogP contribution is 2.11. The molecule has 0 aromatic carbocycles. The van der Waals surface area contributed by atoms with Crippen molar-refractivity contribution in [2.45, 2.75) is 39.2 Å². The summed E-state index contributed by atoms with van der Waals surface area (Å²) in [6, 6.07) is -0.182. The minimum Gasteiger partial charge on any atom is -0.342 e. The predicted molar refractivity (Wildman–Crippen MR) is 67.1 cm³/mol. The van der Waals surface area contributed by atoms with Gasteiger partial charge in [-0.1, -0.05) is 0 Å². The second-order valence-corrected chi connectivity index (χ2v) is 6.78. The normalized spacial score (nSPS) is 17.8. The number of carbonyl (C=O) groups excluding carboxylic acids is 1. The van der Waals surface area contributed by atoms with Gasteiger partial charge in [0, 0.05) is 19.1 Å². The van der Waals surface area contributed by atoms with E-state index in [1.807, 2.05) is 0 Å². The molecule has 1 heterocycles. The Morgan fingerprint density at radius 3 is 2.18 bits per heavy atom. The van der Waals surface area contributed by atoms with Crippen molar-refractivity contribution in [3.05, 3.63) is 0 Å². The Morgan fingerprint density at radius 2 is 1.76 bits per heavy atom. The van der Waals surface area contributed by atoms with Crippen molar-refractivity contribution in [1.29, 1.82) is 0 Å². The van der Waals surface area contributed by atoms with Crippen LogP contribution in [0.2, 0.25) is 0 Å². The SMILES string of the molecule is CC(C)N(CC(=O)N1CCCCC1)S(C)(=O)=O. The Morgan fingerprint density at radius 1 is 1.24 bits per heavy atom. The van der Waals surface area contributed by atoms with E-state index in [0.29, 0.717) is 0 Å². The van der Waals surface area contributed by atoms with Crippen molar-refractivity contribution in [2.24, 2.45) is 0 Å². The molecule has 0 atom stereocenters. The number of amides is 1. The average Bonchev–Trinajstić information content (AvgIpc) is 2.24. The van der Waals surface area contributed by atoms with Crippen molar-refractivity contribution < 1.29 is 13.2 Å². The number of likely N-dealkylation sites (tertiary alicyclic amines) is 1.